The van der Waals surface area contributed by atoms with E-state index >= 15 is 0 Å². The minimum absolute atomic E-state index is 0.846. The zero-order valence-electron chi connectivity index (χ0n) is 9.32. The van der Waals surface area contributed by atoms with Crippen LogP contribution in [0.3, 0.4) is 0 Å². The zero-order chi connectivity index (χ0) is 11.0. The second-order valence-electron chi connectivity index (χ2n) is 5.00. The van der Waals surface area contributed by atoms with Gasteiger partial charge in [-0.1, -0.05) is 23.7 Å². The van der Waals surface area contributed by atoms with Gasteiger partial charge in [0.2, 0.25) is 0 Å². The second-order valence-corrected chi connectivity index (χ2v) is 5.44. The minimum Gasteiger partial charge on any atom is -0.316 e. The van der Waals surface area contributed by atoms with Crippen LogP contribution in [0.4, 0.5) is 0 Å². The predicted molar refractivity (Wildman–Crippen MR) is 66.6 cm³/mol. The molecule has 86 valence electrons. The van der Waals surface area contributed by atoms with Gasteiger partial charge in [0, 0.05) is 24.7 Å². The van der Waals surface area contributed by atoms with E-state index in [4.69, 9.17) is 11.6 Å². The summed E-state index contributed by atoms with van der Waals surface area (Å²) < 4.78 is 0. The highest BCUT2D eigenvalue weighted by Crippen LogP contribution is 2.27. The SMILES string of the molecule is Clc1cccc(CN2C[C@H]3CNC[C@H]3C2)c1. The molecule has 2 atom stereocenters. The molecule has 16 heavy (non-hydrogen) atoms. The highest BCUT2D eigenvalue weighted by Gasteiger charge is 2.35. The third kappa shape index (κ3) is 2.10. The monoisotopic (exact) mass is 236 g/mol. The lowest BCUT2D eigenvalue weighted by atomic mass is 10.0. The van der Waals surface area contributed by atoms with Crippen molar-refractivity contribution in [2.24, 2.45) is 11.8 Å². The standard InChI is InChI=1S/C13H17ClN2/c14-13-3-1-2-10(4-13)7-16-8-11-5-15-6-12(11)9-16/h1-4,11-12,15H,5-9H2/t11-,12+. The second kappa shape index (κ2) is 4.36. The first-order chi connectivity index (χ1) is 7.81. The van der Waals surface area contributed by atoms with E-state index in [1.807, 2.05) is 12.1 Å². The van der Waals surface area contributed by atoms with Gasteiger partial charge in [0.05, 0.1) is 0 Å². The largest absolute Gasteiger partial charge is 0.316 e. The topological polar surface area (TPSA) is 15.3 Å². The van der Waals surface area contributed by atoms with E-state index in [0.29, 0.717) is 0 Å². The molecule has 3 rings (SSSR count). The lowest BCUT2D eigenvalue weighted by Gasteiger charge is -2.16. The Balaban J connectivity index is 1.64. The Morgan fingerprint density at radius 3 is 2.69 bits per heavy atom. The normalized spacial score (nSPS) is 29.6. The molecule has 3 heteroatoms. The smallest absolute Gasteiger partial charge is 0.0409 e. The predicted octanol–water partition coefficient (Wildman–Crippen LogP) is 1.99. The Hall–Kier alpha value is -0.570. The van der Waals surface area contributed by atoms with E-state index in [0.717, 1.165) is 23.4 Å². The Morgan fingerprint density at radius 2 is 2.00 bits per heavy atom. The molecule has 1 aromatic rings. The molecule has 0 unspecified atom stereocenters. The molecule has 0 bridgehead atoms. The quantitative estimate of drug-likeness (QED) is 0.845. The first-order valence-electron chi connectivity index (χ1n) is 5.99. The molecule has 0 saturated carbocycles. The molecule has 1 aromatic carbocycles. The van der Waals surface area contributed by atoms with Crippen LogP contribution in [0.15, 0.2) is 24.3 Å². The van der Waals surface area contributed by atoms with Gasteiger partial charge in [-0.05, 0) is 42.6 Å². The molecule has 0 amide bonds. The summed E-state index contributed by atoms with van der Waals surface area (Å²) in [6.07, 6.45) is 0. The number of likely N-dealkylation sites (tertiary alicyclic amines) is 1. The summed E-state index contributed by atoms with van der Waals surface area (Å²) >= 11 is 6.00. The molecule has 2 aliphatic heterocycles. The van der Waals surface area contributed by atoms with Crippen molar-refractivity contribution in [2.45, 2.75) is 6.54 Å². The van der Waals surface area contributed by atoms with Gasteiger partial charge >= 0.3 is 0 Å². The Labute approximate surface area is 102 Å². The fourth-order valence-electron chi connectivity index (χ4n) is 2.98. The van der Waals surface area contributed by atoms with Gasteiger partial charge in [-0.15, -0.1) is 0 Å². The van der Waals surface area contributed by atoms with E-state index in [1.54, 1.807) is 0 Å². The maximum absolute atomic E-state index is 6.00. The van der Waals surface area contributed by atoms with E-state index in [2.05, 4.69) is 22.3 Å². The Bertz CT molecular complexity index is 368. The molecular weight excluding hydrogens is 220 g/mol. The summed E-state index contributed by atoms with van der Waals surface area (Å²) in [7, 11) is 0. The van der Waals surface area contributed by atoms with E-state index in [9.17, 15) is 0 Å². The number of nitrogens with zero attached hydrogens (tertiary/aromatic N) is 1. The van der Waals surface area contributed by atoms with Gasteiger partial charge in [-0.2, -0.15) is 0 Å². The molecule has 2 aliphatic rings. The first kappa shape index (κ1) is 10.6. The van der Waals surface area contributed by atoms with Crippen molar-refractivity contribution in [1.29, 1.82) is 0 Å². The number of fused-ring (bicyclic) bond motifs is 1. The summed E-state index contributed by atoms with van der Waals surface area (Å²) in [5.41, 5.74) is 1.33. The summed E-state index contributed by atoms with van der Waals surface area (Å²) in [6, 6.07) is 8.22. The van der Waals surface area contributed by atoms with Gasteiger partial charge in [0.1, 0.15) is 0 Å². The van der Waals surface area contributed by atoms with Crippen molar-refractivity contribution < 1.29 is 0 Å². The van der Waals surface area contributed by atoms with Crippen LogP contribution in [0.2, 0.25) is 5.02 Å². The fourth-order valence-corrected chi connectivity index (χ4v) is 3.19. The van der Waals surface area contributed by atoms with Crippen molar-refractivity contribution in [3.05, 3.63) is 34.9 Å². The van der Waals surface area contributed by atoms with Gasteiger partial charge in [0.25, 0.3) is 0 Å². The number of hydrogen-bond donors (Lipinski definition) is 1. The summed E-state index contributed by atoms with van der Waals surface area (Å²) in [5.74, 6) is 1.75. The Morgan fingerprint density at radius 1 is 1.25 bits per heavy atom. The fraction of sp³-hybridized carbons (Fsp3) is 0.538. The van der Waals surface area contributed by atoms with Gasteiger partial charge in [-0.25, -0.2) is 0 Å². The van der Waals surface area contributed by atoms with Crippen LogP contribution in [-0.2, 0) is 6.54 Å². The third-order valence-corrected chi connectivity index (χ3v) is 4.00. The van der Waals surface area contributed by atoms with Gasteiger partial charge < -0.3 is 5.32 Å². The molecule has 0 radical (unpaired) electrons. The van der Waals surface area contributed by atoms with E-state index in [1.165, 1.54) is 31.7 Å². The van der Waals surface area contributed by atoms with Crippen LogP contribution in [0.25, 0.3) is 0 Å². The van der Waals surface area contributed by atoms with Crippen molar-refractivity contribution >= 4 is 11.6 Å². The van der Waals surface area contributed by atoms with Crippen LogP contribution in [0.5, 0.6) is 0 Å². The van der Waals surface area contributed by atoms with Gasteiger partial charge in [-0.3, -0.25) is 4.90 Å². The van der Waals surface area contributed by atoms with Crippen LogP contribution < -0.4 is 5.32 Å². The van der Waals surface area contributed by atoms with E-state index in [-0.39, 0.29) is 0 Å². The van der Waals surface area contributed by atoms with Crippen molar-refractivity contribution in [3.63, 3.8) is 0 Å². The highest BCUT2D eigenvalue weighted by molar-refractivity contribution is 6.30. The highest BCUT2D eigenvalue weighted by atomic mass is 35.5. The molecule has 0 spiro atoms. The Kier molecular flexibility index (Phi) is 2.88. The van der Waals surface area contributed by atoms with Crippen molar-refractivity contribution in [1.82, 2.24) is 10.2 Å². The lowest BCUT2D eigenvalue weighted by Crippen LogP contribution is -2.25. The zero-order valence-corrected chi connectivity index (χ0v) is 10.1. The third-order valence-electron chi connectivity index (χ3n) is 3.76. The molecule has 2 saturated heterocycles. The number of nitrogens with one attached hydrogen (secondary N) is 1. The molecule has 2 fully saturated rings. The van der Waals surface area contributed by atoms with Crippen molar-refractivity contribution in [3.8, 4) is 0 Å². The van der Waals surface area contributed by atoms with Crippen LogP contribution in [0.1, 0.15) is 5.56 Å². The lowest BCUT2D eigenvalue weighted by molar-refractivity contribution is 0.305. The first-order valence-corrected chi connectivity index (χ1v) is 6.36. The maximum atomic E-state index is 6.00. The number of halogens is 1. The number of hydrogen-bond acceptors (Lipinski definition) is 2. The molecule has 2 nitrogen and oxygen atoms in total. The van der Waals surface area contributed by atoms with Crippen molar-refractivity contribution in [2.75, 3.05) is 26.2 Å². The number of rotatable bonds is 2. The van der Waals surface area contributed by atoms with E-state index < -0.39 is 0 Å². The summed E-state index contributed by atoms with van der Waals surface area (Å²) in [6.45, 7) is 5.94. The molecular formula is C13H17ClN2. The van der Waals surface area contributed by atoms with Gasteiger partial charge in [0.15, 0.2) is 0 Å². The number of benzene rings is 1. The molecule has 2 heterocycles. The maximum Gasteiger partial charge on any atom is 0.0409 e. The molecule has 0 aliphatic carbocycles. The minimum atomic E-state index is 0.846. The molecule has 1 N–H and O–H groups in total. The van der Waals surface area contributed by atoms with Crippen LogP contribution >= 0.6 is 11.6 Å². The average Bonchev–Trinajstić information content (AvgIpc) is 2.77. The molecule has 0 aromatic heterocycles. The summed E-state index contributed by atoms with van der Waals surface area (Å²) in [4.78, 5) is 2.56. The summed E-state index contributed by atoms with van der Waals surface area (Å²) in [5, 5.41) is 4.32. The average molecular weight is 237 g/mol. The van der Waals surface area contributed by atoms with Crippen LogP contribution in [0, 0.1) is 11.8 Å². The van der Waals surface area contributed by atoms with Crippen LogP contribution in [-0.4, -0.2) is 31.1 Å².